The topological polar surface area (TPSA) is 65.1 Å². The predicted molar refractivity (Wildman–Crippen MR) is 131 cm³/mol. The highest BCUT2D eigenvalue weighted by molar-refractivity contribution is 5.75. The Balaban J connectivity index is 1.53. The van der Waals surface area contributed by atoms with Crippen molar-refractivity contribution in [2.24, 2.45) is 13.0 Å². The van der Waals surface area contributed by atoms with Crippen LogP contribution in [0.25, 0.3) is 11.2 Å². The Morgan fingerprint density at radius 1 is 0.939 bits per heavy atom. The summed E-state index contributed by atoms with van der Waals surface area (Å²) in [6.07, 6.45) is 1.54. The molecule has 0 fully saturated rings. The number of aromatic nitrogens is 4. The Hall–Kier alpha value is -3.61. The molecule has 0 spiro atoms. The van der Waals surface area contributed by atoms with Gasteiger partial charge in [0.05, 0.1) is 0 Å². The van der Waals surface area contributed by atoms with Gasteiger partial charge in [-0.2, -0.15) is 4.98 Å². The van der Waals surface area contributed by atoms with E-state index in [4.69, 9.17) is 4.98 Å². The quantitative estimate of drug-likeness (QED) is 0.459. The predicted octanol–water partition coefficient (Wildman–Crippen LogP) is 3.19. The molecule has 0 amide bonds. The maximum absolute atomic E-state index is 13.5. The average Bonchev–Trinajstić information content (AvgIpc) is 3.21. The van der Waals surface area contributed by atoms with Crippen LogP contribution in [0.2, 0.25) is 0 Å². The maximum atomic E-state index is 13.5. The van der Waals surface area contributed by atoms with Gasteiger partial charge >= 0.3 is 5.69 Å². The Kier molecular flexibility index (Phi) is 5.62. The van der Waals surface area contributed by atoms with Crippen LogP contribution >= 0.6 is 0 Å². The summed E-state index contributed by atoms with van der Waals surface area (Å²) in [7, 11) is 1.71. The van der Waals surface area contributed by atoms with Gasteiger partial charge in [0.25, 0.3) is 5.56 Å². The van der Waals surface area contributed by atoms with Crippen LogP contribution < -0.4 is 16.1 Å². The zero-order valence-corrected chi connectivity index (χ0v) is 19.1. The van der Waals surface area contributed by atoms with Gasteiger partial charge in [0, 0.05) is 33.2 Å². The average molecular weight is 444 g/mol. The number of rotatable bonds is 6. The second-order valence-corrected chi connectivity index (χ2v) is 9.05. The molecule has 7 nitrogen and oxygen atoms in total. The van der Waals surface area contributed by atoms with E-state index < -0.39 is 0 Å². The molecular formula is C26H29N5O2. The maximum Gasteiger partial charge on any atom is 0.332 e. The molecule has 2 aromatic heterocycles. The van der Waals surface area contributed by atoms with E-state index in [-0.39, 0.29) is 11.2 Å². The van der Waals surface area contributed by atoms with Gasteiger partial charge in [0.1, 0.15) is 0 Å². The summed E-state index contributed by atoms with van der Waals surface area (Å²) in [5.41, 5.74) is 2.84. The van der Waals surface area contributed by atoms with Crippen LogP contribution in [0.3, 0.4) is 0 Å². The third kappa shape index (κ3) is 3.99. The van der Waals surface area contributed by atoms with Crippen molar-refractivity contribution >= 4 is 17.1 Å². The lowest BCUT2D eigenvalue weighted by Gasteiger charge is -2.33. The van der Waals surface area contributed by atoms with E-state index in [0.717, 1.165) is 25.3 Å². The van der Waals surface area contributed by atoms with Crippen LogP contribution in [0.1, 0.15) is 24.5 Å². The second kappa shape index (κ2) is 8.73. The summed E-state index contributed by atoms with van der Waals surface area (Å²) in [6.45, 7) is 4.87. The number of hydrogen-bond donors (Lipinski definition) is 0. The molecule has 33 heavy (non-hydrogen) atoms. The molecule has 1 atom stereocenters. The zero-order chi connectivity index (χ0) is 22.9. The van der Waals surface area contributed by atoms with Crippen LogP contribution in [-0.2, 0) is 33.1 Å². The van der Waals surface area contributed by atoms with Crippen molar-refractivity contribution < 1.29 is 0 Å². The van der Waals surface area contributed by atoms with Crippen LogP contribution in [0.15, 0.2) is 70.3 Å². The Morgan fingerprint density at radius 3 is 2.30 bits per heavy atom. The van der Waals surface area contributed by atoms with Crippen LogP contribution in [0.4, 0.5) is 5.95 Å². The molecule has 3 heterocycles. The Labute approximate surface area is 192 Å². The molecule has 7 heteroatoms. The van der Waals surface area contributed by atoms with Crippen molar-refractivity contribution in [3.8, 4) is 0 Å². The van der Waals surface area contributed by atoms with E-state index in [1.165, 1.54) is 20.3 Å². The number of fused-ring (bicyclic) bond motifs is 3. The number of imidazole rings is 1. The minimum Gasteiger partial charge on any atom is -0.338 e. The third-order valence-corrected chi connectivity index (χ3v) is 6.43. The van der Waals surface area contributed by atoms with Gasteiger partial charge in [-0.15, -0.1) is 0 Å². The molecule has 4 aromatic rings. The standard InChI is InChI=1S/C26H29N5O2/c1-19-16-29(18-21-12-7-4-8-13-21)25-27-23-22(31(25)17-19)24(32)30(26(33)28(23)2)15-9-14-20-10-5-3-6-11-20/h3-8,10-13,19H,9,14-18H2,1-2H3/t19-/m0/s1. The van der Waals surface area contributed by atoms with E-state index in [1.54, 1.807) is 7.05 Å². The van der Waals surface area contributed by atoms with Gasteiger partial charge in [-0.3, -0.25) is 13.9 Å². The lowest BCUT2D eigenvalue weighted by atomic mass is 10.1. The first-order valence-corrected chi connectivity index (χ1v) is 11.6. The van der Waals surface area contributed by atoms with Crippen LogP contribution in [0.5, 0.6) is 0 Å². The number of aryl methyl sites for hydroxylation is 2. The molecule has 1 aliphatic rings. The summed E-state index contributed by atoms with van der Waals surface area (Å²) >= 11 is 0. The van der Waals surface area contributed by atoms with Gasteiger partial charge in [0.15, 0.2) is 11.2 Å². The molecule has 5 rings (SSSR count). The highest BCUT2D eigenvalue weighted by Gasteiger charge is 2.29. The van der Waals surface area contributed by atoms with Crippen molar-refractivity contribution in [1.82, 2.24) is 18.7 Å². The zero-order valence-electron chi connectivity index (χ0n) is 19.1. The number of nitrogens with zero attached hydrogens (tertiary/aromatic N) is 5. The van der Waals surface area contributed by atoms with Crippen molar-refractivity contribution in [2.75, 3.05) is 11.4 Å². The first kappa shape index (κ1) is 21.2. The van der Waals surface area contributed by atoms with Gasteiger partial charge in [-0.1, -0.05) is 67.6 Å². The molecule has 0 aliphatic carbocycles. The van der Waals surface area contributed by atoms with Crippen molar-refractivity contribution in [2.45, 2.75) is 39.4 Å². The van der Waals surface area contributed by atoms with Gasteiger partial charge in [0.2, 0.25) is 5.95 Å². The summed E-state index contributed by atoms with van der Waals surface area (Å²) in [5, 5.41) is 0. The van der Waals surface area contributed by atoms with E-state index >= 15 is 0 Å². The molecule has 2 aromatic carbocycles. The molecule has 0 N–H and O–H groups in total. The highest BCUT2D eigenvalue weighted by atomic mass is 16.2. The van der Waals surface area contributed by atoms with E-state index in [1.807, 2.05) is 41.0 Å². The Morgan fingerprint density at radius 2 is 1.61 bits per heavy atom. The monoisotopic (exact) mass is 443 g/mol. The fraction of sp³-hybridized carbons (Fsp3) is 0.346. The van der Waals surface area contributed by atoms with E-state index in [2.05, 4.69) is 36.1 Å². The largest absolute Gasteiger partial charge is 0.338 e. The number of benzene rings is 2. The molecule has 0 bridgehead atoms. The summed E-state index contributed by atoms with van der Waals surface area (Å²) in [6, 6.07) is 20.4. The molecule has 0 saturated carbocycles. The molecule has 170 valence electrons. The first-order chi connectivity index (χ1) is 16.0. The lowest BCUT2D eigenvalue weighted by Crippen LogP contribution is -2.41. The van der Waals surface area contributed by atoms with Gasteiger partial charge < -0.3 is 9.47 Å². The highest BCUT2D eigenvalue weighted by Crippen LogP contribution is 2.28. The van der Waals surface area contributed by atoms with Crippen LogP contribution in [-0.4, -0.2) is 25.2 Å². The molecule has 1 aliphatic heterocycles. The summed E-state index contributed by atoms with van der Waals surface area (Å²) in [5.74, 6) is 1.13. The number of hydrogen-bond acceptors (Lipinski definition) is 4. The third-order valence-electron chi connectivity index (χ3n) is 6.43. The van der Waals surface area contributed by atoms with E-state index in [9.17, 15) is 9.59 Å². The van der Waals surface area contributed by atoms with E-state index in [0.29, 0.717) is 36.7 Å². The SMILES string of the molecule is C[C@H]1CN(Cc2ccccc2)c2nc3c(c(=O)n(CCCc4ccccc4)c(=O)n3C)n2C1. The normalized spacial score (nSPS) is 15.7. The minimum absolute atomic E-state index is 0.242. The lowest BCUT2D eigenvalue weighted by molar-refractivity contribution is 0.434. The summed E-state index contributed by atoms with van der Waals surface area (Å²) in [4.78, 5) is 33.6. The van der Waals surface area contributed by atoms with Gasteiger partial charge in [-0.05, 0) is 29.9 Å². The first-order valence-electron chi connectivity index (χ1n) is 11.6. The fourth-order valence-electron chi connectivity index (χ4n) is 4.82. The molecule has 0 saturated heterocycles. The van der Waals surface area contributed by atoms with Crippen molar-refractivity contribution in [3.63, 3.8) is 0 Å². The summed E-state index contributed by atoms with van der Waals surface area (Å²) < 4.78 is 4.92. The second-order valence-electron chi connectivity index (χ2n) is 9.05. The molecule has 0 unspecified atom stereocenters. The fourth-order valence-corrected chi connectivity index (χ4v) is 4.82. The Bertz CT molecular complexity index is 1390. The molecular weight excluding hydrogens is 414 g/mol. The van der Waals surface area contributed by atoms with Crippen LogP contribution in [0, 0.1) is 5.92 Å². The smallest absolute Gasteiger partial charge is 0.332 e. The van der Waals surface area contributed by atoms with Crippen molar-refractivity contribution in [3.05, 3.63) is 92.6 Å². The van der Waals surface area contributed by atoms with Gasteiger partial charge in [-0.25, -0.2) is 4.79 Å². The molecule has 0 radical (unpaired) electrons. The number of anilines is 1. The van der Waals surface area contributed by atoms with Crippen molar-refractivity contribution in [1.29, 1.82) is 0 Å². The minimum atomic E-state index is -0.307.